The van der Waals surface area contributed by atoms with E-state index in [1.165, 1.54) is 4.88 Å². The first-order valence-corrected chi connectivity index (χ1v) is 9.73. The molecule has 0 saturated heterocycles. The van der Waals surface area contributed by atoms with E-state index in [1.54, 1.807) is 24.6 Å². The van der Waals surface area contributed by atoms with Gasteiger partial charge >= 0.3 is 0 Å². The number of guanidine groups is 1. The minimum atomic E-state index is 0.435. The minimum Gasteiger partial charge on any atom is -0.475 e. The largest absolute Gasteiger partial charge is 0.475 e. The van der Waals surface area contributed by atoms with Gasteiger partial charge in [-0.25, -0.2) is 9.98 Å². The van der Waals surface area contributed by atoms with Gasteiger partial charge in [-0.2, -0.15) is 0 Å². The molecule has 1 unspecified atom stereocenters. The number of pyridine rings is 1. The Morgan fingerprint density at radius 3 is 2.88 bits per heavy atom. The van der Waals surface area contributed by atoms with Crippen molar-refractivity contribution in [2.24, 2.45) is 4.99 Å². The van der Waals surface area contributed by atoms with E-state index in [2.05, 4.69) is 52.0 Å². The van der Waals surface area contributed by atoms with E-state index in [0.29, 0.717) is 31.6 Å². The number of aromatic nitrogens is 1. The van der Waals surface area contributed by atoms with E-state index >= 15 is 0 Å². The lowest BCUT2D eigenvalue weighted by atomic mass is 10.1. The molecule has 26 heavy (non-hydrogen) atoms. The van der Waals surface area contributed by atoms with Gasteiger partial charge in [0.05, 0.1) is 13.2 Å². The van der Waals surface area contributed by atoms with E-state index in [1.807, 2.05) is 12.1 Å². The summed E-state index contributed by atoms with van der Waals surface area (Å²) in [6.07, 6.45) is 1.72. The van der Waals surface area contributed by atoms with Gasteiger partial charge < -0.3 is 20.1 Å². The van der Waals surface area contributed by atoms with Gasteiger partial charge in [0.1, 0.15) is 6.61 Å². The van der Waals surface area contributed by atoms with Crippen LogP contribution in [0.5, 0.6) is 5.88 Å². The lowest BCUT2D eigenvalue weighted by molar-refractivity contribution is 0.143. The maximum atomic E-state index is 5.67. The molecule has 1 atom stereocenters. The predicted octanol–water partition coefficient (Wildman–Crippen LogP) is 3.03. The summed E-state index contributed by atoms with van der Waals surface area (Å²) in [5.74, 6) is 1.84. The molecule has 0 aliphatic heterocycles. The Hall–Kier alpha value is -2.12. The first-order valence-electron chi connectivity index (χ1n) is 8.85. The minimum absolute atomic E-state index is 0.435. The summed E-state index contributed by atoms with van der Waals surface area (Å²) in [5, 5.41) is 8.81. The van der Waals surface area contributed by atoms with Gasteiger partial charge in [0, 0.05) is 42.8 Å². The number of thiophene rings is 1. The second-order valence-corrected chi connectivity index (χ2v) is 6.78. The molecular weight excluding hydrogens is 348 g/mol. The lowest BCUT2D eigenvalue weighted by Crippen LogP contribution is -2.39. The smallest absolute Gasteiger partial charge is 0.218 e. The van der Waals surface area contributed by atoms with Crippen molar-refractivity contribution in [1.82, 2.24) is 15.6 Å². The highest BCUT2D eigenvalue weighted by molar-refractivity contribution is 7.10. The van der Waals surface area contributed by atoms with E-state index in [0.717, 1.165) is 24.6 Å². The maximum Gasteiger partial charge on any atom is 0.218 e. The van der Waals surface area contributed by atoms with Crippen LogP contribution in [0.25, 0.3) is 0 Å². The van der Waals surface area contributed by atoms with Crippen LogP contribution in [0.2, 0.25) is 0 Å². The maximum absolute atomic E-state index is 5.67. The van der Waals surface area contributed by atoms with Crippen molar-refractivity contribution in [2.75, 3.05) is 33.4 Å². The van der Waals surface area contributed by atoms with Gasteiger partial charge in [-0.3, -0.25) is 0 Å². The second-order valence-electron chi connectivity index (χ2n) is 5.80. The van der Waals surface area contributed by atoms with Gasteiger partial charge in [-0.1, -0.05) is 19.1 Å². The molecule has 142 valence electrons. The molecule has 0 amide bonds. The van der Waals surface area contributed by atoms with Gasteiger partial charge in [-0.15, -0.1) is 11.3 Å². The molecule has 0 aromatic carbocycles. The van der Waals surface area contributed by atoms with Crippen LogP contribution < -0.4 is 15.4 Å². The summed E-state index contributed by atoms with van der Waals surface area (Å²) in [4.78, 5) is 10.3. The van der Waals surface area contributed by atoms with Crippen LogP contribution in [-0.2, 0) is 11.3 Å². The van der Waals surface area contributed by atoms with Crippen LogP contribution in [-0.4, -0.2) is 44.4 Å². The van der Waals surface area contributed by atoms with Crippen LogP contribution in [0.4, 0.5) is 0 Å². The van der Waals surface area contributed by atoms with Gasteiger partial charge in [-0.05, 0) is 24.4 Å². The Labute approximate surface area is 159 Å². The molecule has 2 N–H and O–H groups in total. The molecule has 2 aromatic heterocycles. The van der Waals surface area contributed by atoms with Crippen molar-refractivity contribution < 1.29 is 9.47 Å². The first kappa shape index (κ1) is 20.2. The molecule has 0 fully saturated rings. The molecule has 6 nitrogen and oxygen atoms in total. The van der Waals surface area contributed by atoms with Gasteiger partial charge in [0.15, 0.2) is 5.96 Å². The Bertz CT molecular complexity index is 661. The topological polar surface area (TPSA) is 67.8 Å². The monoisotopic (exact) mass is 376 g/mol. The molecule has 2 aromatic rings. The van der Waals surface area contributed by atoms with Crippen molar-refractivity contribution >= 4 is 17.3 Å². The molecule has 0 saturated carbocycles. The highest BCUT2D eigenvalue weighted by atomic mass is 32.1. The number of hydrogen-bond acceptors (Lipinski definition) is 5. The molecular formula is C19H28N4O2S. The third-order valence-corrected chi connectivity index (χ3v) is 4.84. The zero-order chi connectivity index (χ0) is 18.6. The van der Waals surface area contributed by atoms with Crippen LogP contribution >= 0.6 is 11.3 Å². The van der Waals surface area contributed by atoms with Crippen molar-refractivity contribution in [2.45, 2.75) is 26.3 Å². The zero-order valence-corrected chi connectivity index (χ0v) is 16.5. The molecule has 2 heterocycles. The number of nitrogens with one attached hydrogen (secondary N) is 2. The van der Waals surface area contributed by atoms with Crippen LogP contribution in [0.1, 0.15) is 30.2 Å². The third kappa shape index (κ3) is 6.65. The number of rotatable bonds is 10. The highest BCUT2D eigenvalue weighted by Gasteiger charge is 2.08. The predicted molar refractivity (Wildman–Crippen MR) is 107 cm³/mol. The quantitative estimate of drug-likeness (QED) is 0.379. The standard InChI is InChI=1S/C19H28N4O2S/c1-4-20-19(22-13-15(2)17-8-6-12-26-17)23-14-16-7-5-9-21-18(16)25-11-10-24-3/h5-9,12,15H,4,10-11,13-14H2,1-3H3,(H2,20,22,23). The first-order chi connectivity index (χ1) is 12.7. The van der Waals surface area contributed by atoms with Crippen molar-refractivity contribution in [1.29, 1.82) is 0 Å². The van der Waals surface area contributed by atoms with E-state index < -0.39 is 0 Å². The Morgan fingerprint density at radius 1 is 1.27 bits per heavy atom. The fourth-order valence-electron chi connectivity index (χ4n) is 2.32. The van der Waals surface area contributed by atoms with Crippen LogP contribution in [0.15, 0.2) is 40.8 Å². The fourth-order valence-corrected chi connectivity index (χ4v) is 3.11. The highest BCUT2D eigenvalue weighted by Crippen LogP contribution is 2.19. The van der Waals surface area contributed by atoms with E-state index in [-0.39, 0.29) is 0 Å². The zero-order valence-electron chi connectivity index (χ0n) is 15.7. The van der Waals surface area contributed by atoms with Crippen LogP contribution in [0, 0.1) is 0 Å². The third-order valence-electron chi connectivity index (χ3n) is 3.73. The molecule has 0 spiro atoms. The number of hydrogen-bond donors (Lipinski definition) is 2. The summed E-state index contributed by atoms with van der Waals surface area (Å²) in [6, 6.07) is 8.13. The number of methoxy groups -OCH3 is 1. The Morgan fingerprint density at radius 2 is 2.15 bits per heavy atom. The number of ether oxygens (including phenoxy) is 2. The summed E-state index contributed by atoms with van der Waals surface area (Å²) in [7, 11) is 1.65. The summed E-state index contributed by atoms with van der Waals surface area (Å²) in [6.45, 7) is 7.42. The van der Waals surface area contributed by atoms with Crippen LogP contribution in [0.3, 0.4) is 0 Å². The SMILES string of the molecule is CCNC(=NCc1cccnc1OCCOC)NCC(C)c1cccs1. The average molecular weight is 377 g/mol. The normalized spacial score (nSPS) is 12.7. The average Bonchev–Trinajstić information content (AvgIpc) is 3.20. The van der Waals surface area contributed by atoms with Crippen molar-refractivity contribution in [3.63, 3.8) is 0 Å². The van der Waals surface area contributed by atoms with Crippen molar-refractivity contribution in [3.05, 3.63) is 46.3 Å². The fraction of sp³-hybridized carbons (Fsp3) is 0.474. The van der Waals surface area contributed by atoms with E-state index in [9.17, 15) is 0 Å². The van der Waals surface area contributed by atoms with Gasteiger partial charge in [0.25, 0.3) is 0 Å². The molecule has 7 heteroatoms. The molecule has 2 rings (SSSR count). The Kier molecular flexibility index (Phi) is 8.92. The molecule has 0 radical (unpaired) electrons. The van der Waals surface area contributed by atoms with Gasteiger partial charge in [0.2, 0.25) is 5.88 Å². The summed E-state index contributed by atoms with van der Waals surface area (Å²) in [5.41, 5.74) is 0.951. The molecule has 0 bridgehead atoms. The number of aliphatic imine (C=N–C) groups is 1. The molecule has 0 aliphatic rings. The van der Waals surface area contributed by atoms with Crippen molar-refractivity contribution in [3.8, 4) is 5.88 Å². The summed E-state index contributed by atoms with van der Waals surface area (Å²) >= 11 is 1.78. The molecule has 0 aliphatic carbocycles. The Balaban J connectivity index is 1.95. The summed E-state index contributed by atoms with van der Waals surface area (Å²) < 4.78 is 10.7. The number of nitrogens with zero attached hydrogens (tertiary/aromatic N) is 2. The lowest BCUT2D eigenvalue weighted by Gasteiger charge is -2.15. The second kappa shape index (κ2) is 11.5. The van der Waals surface area contributed by atoms with E-state index in [4.69, 9.17) is 9.47 Å².